The van der Waals surface area contributed by atoms with Crippen molar-refractivity contribution in [1.82, 2.24) is 0 Å². The fourth-order valence-electron chi connectivity index (χ4n) is 1.69. The van der Waals surface area contributed by atoms with Gasteiger partial charge in [0.05, 0.1) is 18.9 Å². The number of anilines is 1. The molecule has 1 N–H and O–H groups in total. The average Bonchev–Trinajstić information content (AvgIpc) is 2.30. The van der Waals surface area contributed by atoms with Crippen LogP contribution in [0, 0.1) is 0 Å². The van der Waals surface area contributed by atoms with Gasteiger partial charge in [-0.3, -0.25) is 4.79 Å². The van der Waals surface area contributed by atoms with Crippen LogP contribution in [0.25, 0.3) is 0 Å². The van der Waals surface area contributed by atoms with Gasteiger partial charge in [0, 0.05) is 18.7 Å². The number of carbonyl (C=O) groups is 1. The van der Waals surface area contributed by atoms with E-state index in [4.69, 9.17) is 4.74 Å². The van der Waals surface area contributed by atoms with E-state index in [9.17, 15) is 9.90 Å². The zero-order valence-corrected chi connectivity index (χ0v) is 8.35. The summed E-state index contributed by atoms with van der Waals surface area (Å²) in [7, 11) is 0. The van der Waals surface area contributed by atoms with Crippen LogP contribution in [0.15, 0.2) is 18.2 Å². The van der Waals surface area contributed by atoms with E-state index < -0.39 is 0 Å². The molecule has 0 unspecified atom stereocenters. The molecule has 4 heteroatoms. The van der Waals surface area contributed by atoms with Crippen LogP contribution in [0.1, 0.15) is 10.4 Å². The number of hydrogen-bond donors (Lipinski definition) is 1. The molecule has 4 nitrogen and oxygen atoms in total. The Morgan fingerprint density at radius 3 is 2.67 bits per heavy atom. The average molecular weight is 207 g/mol. The molecule has 1 aromatic carbocycles. The van der Waals surface area contributed by atoms with Crippen molar-refractivity contribution >= 4 is 12.0 Å². The molecule has 2 rings (SSSR count). The van der Waals surface area contributed by atoms with Crippen molar-refractivity contribution in [3.63, 3.8) is 0 Å². The number of aldehydes is 1. The molecule has 1 aromatic rings. The Labute approximate surface area is 88.1 Å². The highest BCUT2D eigenvalue weighted by atomic mass is 16.5. The number of nitrogens with zero attached hydrogens (tertiary/aromatic N) is 1. The Hall–Kier alpha value is -1.55. The fraction of sp³-hybridized carbons (Fsp3) is 0.364. The van der Waals surface area contributed by atoms with Crippen LogP contribution in [0.3, 0.4) is 0 Å². The first-order valence-corrected chi connectivity index (χ1v) is 4.92. The maximum absolute atomic E-state index is 10.5. The molecule has 0 radical (unpaired) electrons. The highest BCUT2D eigenvalue weighted by molar-refractivity contribution is 5.78. The van der Waals surface area contributed by atoms with Gasteiger partial charge in [-0.25, -0.2) is 0 Å². The maximum Gasteiger partial charge on any atom is 0.150 e. The Morgan fingerprint density at radius 2 is 2.07 bits per heavy atom. The SMILES string of the molecule is O=Cc1ccc(N2CCOCC2)c(O)c1. The summed E-state index contributed by atoms with van der Waals surface area (Å²) in [5.74, 6) is 0.154. The van der Waals surface area contributed by atoms with Crippen molar-refractivity contribution in [2.75, 3.05) is 31.2 Å². The zero-order chi connectivity index (χ0) is 10.7. The van der Waals surface area contributed by atoms with Crippen LogP contribution in [0.2, 0.25) is 0 Å². The molecule has 1 aliphatic heterocycles. The summed E-state index contributed by atoms with van der Waals surface area (Å²) in [4.78, 5) is 12.6. The van der Waals surface area contributed by atoms with Crippen LogP contribution in [0.4, 0.5) is 5.69 Å². The molecule has 0 atom stereocenters. The van der Waals surface area contributed by atoms with Gasteiger partial charge in [-0.05, 0) is 18.2 Å². The van der Waals surface area contributed by atoms with E-state index >= 15 is 0 Å². The number of carbonyl (C=O) groups excluding carboxylic acids is 1. The third-order valence-corrected chi connectivity index (χ3v) is 2.49. The topological polar surface area (TPSA) is 49.8 Å². The minimum Gasteiger partial charge on any atom is -0.506 e. The largest absolute Gasteiger partial charge is 0.506 e. The summed E-state index contributed by atoms with van der Waals surface area (Å²) < 4.78 is 5.23. The lowest BCUT2D eigenvalue weighted by Gasteiger charge is -2.29. The Kier molecular flexibility index (Phi) is 2.87. The smallest absolute Gasteiger partial charge is 0.150 e. The van der Waals surface area contributed by atoms with E-state index in [0.717, 1.165) is 25.1 Å². The summed E-state index contributed by atoms with van der Waals surface area (Å²) in [5.41, 5.74) is 1.26. The van der Waals surface area contributed by atoms with Gasteiger partial charge in [0.25, 0.3) is 0 Å². The van der Waals surface area contributed by atoms with Crippen molar-refractivity contribution in [2.24, 2.45) is 0 Å². The lowest BCUT2D eigenvalue weighted by atomic mass is 10.2. The first kappa shape index (κ1) is 9.98. The van der Waals surface area contributed by atoms with Crippen molar-refractivity contribution in [1.29, 1.82) is 0 Å². The molecule has 0 amide bonds. The van der Waals surface area contributed by atoms with E-state index in [1.165, 1.54) is 6.07 Å². The fourth-order valence-corrected chi connectivity index (χ4v) is 1.69. The summed E-state index contributed by atoms with van der Waals surface area (Å²) >= 11 is 0. The minimum absolute atomic E-state index is 0.154. The summed E-state index contributed by atoms with van der Waals surface area (Å²) in [6.45, 7) is 2.89. The van der Waals surface area contributed by atoms with E-state index in [1.54, 1.807) is 12.1 Å². The third kappa shape index (κ3) is 2.10. The van der Waals surface area contributed by atoms with Crippen molar-refractivity contribution in [3.8, 4) is 5.75 Å². The van der Waals surface area contributed by atoms with Gasteiger partial charge in [-0.15, -0.1) is 0 Å². The Morgan fingerprint density at radius 1 is 1.33 bits per heavy atom. The van der Waals surface area contributed by atoms with Crippen LogP contribution in [-0.4, -0.2) is 37.7 Å². The quantitative estimate of drug-likeness (QED) is 0.736. The first-order chi connectivity index (χ1) is 7.31. The number of phenols is 1. The lowest BCUT2D eigenvalue weighted by Crippen LogP contribution is -2.36. The normalized spacial score (nSPS) is 16.4. The number of rotatable bonds is 2. The molecular weight excluding hydrogens is 194 g/mol. The molecule has 0 aliphatic carbocycles. The minimum atomic E-state index is 0.154. The van der Waals surface area contributed by atoms with Crippen LogP contribution in [0.5, 0.6) is 5.75 Å². The van der Waals surface area contributed by atoms with Gasteiger partial charge < -0.3 is 14.7 Å². The van der Waals surface area contributed by atoms with Gasteiger partial charge in [0.1, 0.15) is 12.0 Å². The zero-order valence-electron chi connectivity index (χ0n) is 8.35. The van der Waals surface area contributed by atoms with Gasteiger partial charge in [-0.2, -0.15) is 0 Å². The predicted octanol–water partition coefficient (Wildman–Crippen LogP) is 1.04. The number of phenolic OH excluding ortho intramolecular Hbond substituents is 1. The van der Waals surface area contributed by atoms with Gasteiger partial charge >= 0.3 is 0 Å². The van der Waals surface area contributed by atoms with Gasteiger partial charge in [0.2, 0.25) is 0 Å². The second kappa shape index (κ2) is 4.31. The summed E-state index contributed by atoms with van der Waals surface area (Å²) in [6.07, 6.45) is 0.725. The van der Waals surface area contributed by atoms with Gasteiger partial charge in [0.15, 0.2) is 0 Å². The molecule has 0 aromatic heterocycles. The van der Waals surface area contributed by atoms with Crippen LogP contribution >= 0.6 is 0 Å². The molecule has 0 spiro atoms. The number of aromatic hydroxyl groups is 1. The molecule has 1 saturated heterocycles. The molecule has 1 heterocycles. The lowest BCUT2D eigenvalue weighted by molar-refractivity contribution is 0.112. The standard InChI is InChI=1S/C11H13NO3/c13-8-9-1-2-10(11(14)7-9)12-3-5-15-6-4-12/h1-2,7-8,14H,3-6H2. The maximum atomic E-state index is 10.5. The molecule has 80 valence electrons. The second-order valence-electron chi connectivity index (χ2n) is 3.47. The summed E-state index contributed by atoms with van der Waals surface area (Å²) in [5, 5.41) is 9.73. The van der Waals surface area contributed by atoms with Crippen molar-refractivity contribution < 1.29 is 14.6 Å². The summed E-state index contributed by atoms with van der Waals surface area (Å²) in [6, 6.07) is 4.96. The van der Waals surface area contributed by atoms with E-state index in [-0.39, 0.29) is 5.75 Å². The first-order valence-electron chi connectivity index (χ1n) is 4.92. The number of hydrogen-bond acceptors (Lipinski definition) is 4. The molecule has 1 aliphatic rings. The highest BCUT2D eigenvalue weighted by Gasteiger charge is 2.14. The molecule has 15 heavy (non-hydrogen) atoms. The number of benzene rings is 1. The van der Waals surface area contributed by atoms with E-state index in [0.29, 0.717) is 18.8 Å². The van der Waals surface area contributed by atoms with Crippen LogP contribution < -0.4 is 4.90 Å². The molecule has 1 fully saturated rings. The number of morpholine rings is 1. The van der Waals surface area contributed by atoms with Crippen molar-refractivity contribution in [3.05, 3.63) is 23.8 Å². The van der Waals surface area contributed by atoms with E-state index in [1.807, 2.05) is 4.90 Å². The monoisotopic (exact) mass is 207 g/mol. The van der Waals surface area contributed by atoms with E-state index in [2.05, 4.69) is 0 Å². The molecular formula is C11H13NO3. The molecule has 0 saturated carbocycles. The molecule has 0 bridgehead atoms. The van der Waals surface area contributed by atoms with Gasteiger partial charge in [-0.1, -0.05) is 0 Å². The Bertz CT molecular complexity index is 359. The highest BCUT2D eigenvalue weighted by Crippen LogP contribution is 2.28. The Balaban J connectivity index is 2.23. The van der Waals surface area contributed by atoms with Crippen molar-refractivity contribution in [2.45, 2.75) is 0 Å². The third-order valence-electron chi connectivity index (χ3n) is 2.49. The van der Waals surface area contributed by atoms with Crippen LogP contribution in [-0.2, 0) is 4.74 Å². The predicted molar refractivity (Wildman–Crippen MR) is 56.5 cm³/mol. The second-order valence-corrected chi connectivity index (χ2v) is 3.47. The number of ether oxygens (including phenoxy) is 1.